The molecule has 0 amide bonds. The van der Waals surface area contributed by atoms with Crippen molar-refractivity contribution < 1.29 is 4.74 Å². The van der Waals surface area contributed by atoms with Gasteiger partial charge in [0.1, 0.15) is 12.2 Å². The van der Waals surface area contributed by atoms with E-state index in [2.05, 4.69) is 44.0 Å². The summed E-state index contributed by atoms with van der Waals surface area (Å²) in [4.78, 5) is 0. The Bertz CT molecular complexity index is 504. The highest BCUT2D eigenvalue weighted by atomic mass is 79.9. The quantitative estimate of drug-likeness (QED) is 0.690. The summed E-state index contributed by atoms with van der Waals surface area (Å²) in [6, 6.07) is 16.4. The van der Waals surface area contributed by atoms with E-state index in [0.717, 1.165) is 8.95 Å². The smallest absolute Gasteiger partial charge is 0.115 e. The fraction of sp³-hybridized carbons (Fsp3) is 0.143. The minimum absolute atomic E-state index is 0.171. The van der Waals surface area contributed by atoms with E-state index < -0.39 is 0 Å². The van der Waals surface area contributed by atoms with Crippen molar-refractivity contribution in [3.05, 3.63) is 68.6 Å². The normalized spacial score (nSPS) is 22.5. The molecule has 0 spiro atoms. The number of hydrogen-bond acceptors (Lipinski definition) is 1. The Morgan fingerprint density at radius 2 is 1.12 bits per heavy atom. The molecule has 0 bridgehead atoms. The minimum Gasteiger partial charge on any atom is -0.359 e. The standard InChI is InChI=1S/C14H10Br2O/c15-11-7-3-1-5-9(11)13-14(17-13)10-6-2-4-8-12(10)16/h1-8,13-14H/t13-,14-/m0/s1. The molecule has 0 aliphatic carbocycles. The van der Waals surface area contributed by atoms with E-state index in [4.69, 9.17) is 4.74 Å². The SMILES string of the molecule is Brc1ccccc1[C@@H]1O[C@H]1c1ccccc1Br. The molecule has 0 aromatic heterocycles. The van der Waals surface area contributed by atoms with Gasteiger partial charge in [-0.1, -0.05) is 68.3 Å². The first-order valence-corrected chi connectivity index (χ1v) is 7.00. The van der Waals surface area contributed by atoms with Gasteiger partial charge in [0.15, 0.2) is 0 Å². The maximum atomic E-state index is 5.79. The van der Waals surface area contributed by atoms with Crippen LogP contribution in [0.1, 0.15) is 23.3 Å². The molecule has 1 aliphatic rings. The summed E-state index contributed by atoms with van der Waals surface area (Å²) in [5, 5.41) is 0. The van der Waals surface area contributed by atoms with Crippen LogP contribution in [0.25, 0.3) is 0 Å². The Morgan fingerprint density at radius 3 is 1.53 bits per heavy atom. The minimum atomic E-state index is 0.171. The van der Waals surface area contributed by atoms with E-state index in [1.54, 1.807) is 0 Å². The summed E-state index contributed by atoms with van der Waals surface area (Å²) in [6.07, 6.45) is 0.341. The Hall–Kier alpha value is -0.640. The molecule has 3 rings (SSSR count). The summed E-state index contributed by atoms with van der Waals surface area (Å²) < 4.78 is 8.01. The monoisotopic (exact) mass is 352 g/mol. The first-order chi connectivity index (χ1) is 8.27. The molecule has 2 aromatic rings. The van der Waals surface area contributed by atoms with Crippen molar-refractivity contribution in [2.45, 2.75) is 12.2 Å². The zero-order valence-corrected chi connectivity index (χ0v) is 12.1. The van der Waals surface area contributed by atoms with Gasteiger partial charge in [-0.15, -0.1) is 0 Å². The molecule has 1 aliphatic heterocycles. The van der Waals surface area contributed by atoms with E-state index in [0.29, 0.717) is 0 Å². The van der Waals surface area contributed by atoms with Gasteiger partial charge in [-0.05, 0) is 23.3 Å². The van der Waals surface area contributed by atoms with Gasteiger partial charge in [0.25, 0.3) is 0 Å². The van der Waals surface area contributed by atoms with Crippen molar-refractivity contribution >= 4 is 31.9 Å². The van der Waals surface area contributed by atoms with Crippen molar-refractivity contribution in [3.63, 3.8) is 0 Å². The fourth-order valence-electron chi connectivity index (χ4n) is 2.00. The lowest BCUT2D eigenvalue weighted by Crippen LogP contribution is -1.86. The van der Waals surface area contributed by atoms with Gasteiger partial charge in [0.05, 0.1) is 0 Å². The summed E-state index contributed by atoms with van der Waals surface area (Å²) in [6.45, 7) is 0. The van der Waals surface area contributed by atoms with Crippen LogP contribution in [0.3, 0.4) is 0 Å². The molecule has 1 fully saturated rings. The molecule has 0 saturated carbocycles. The Kier molecular flexibility index (Phi) is 3.07. The van der Waals surface area contributed by atoms with E-state index in [1.165, 1.54) is 11.1 Å². The average molecular weight is 354 g/mol. The van der Waals surface area contributed by atoms with Crippen LogP contribution in [0.2, 0.25) is 0 Å². The summed E-state index contributed by atoms with van der Waals surface area (Å²) in [5.41, 5.74) is 2.43. The maximum Gasteiger partial charge on any atom is 0.115 e. The molecule has 2 atom stereocenters. The van der Waals surface area contributed by atoms with Crippen LogP contribution in [0.15, 0.2) is 57.5 Å². The lowest BCUT2D eigenvalue weighted by atomic mass is 10.0. The third-order valence-corrected chi connectivity index (χ3v) is 4.36. The molecule has 2 aromatic carbocycles. The summed E-state index contributed by atoms with van der Waals surface area (Å²) >= 11 is 7.13. The Morgan fingerprint density at radius 1 is 0.706 bits per heavy atom. The van der Waals surface area contributed by atoms with E-state index in [-0.39, 0.29) is 12.2 Å². The average Bonchev–Trinajstić information content (AvgIpc) is 3.10. The van der Waals surface area contributed by atoms with Gasteiger partial charge < -0.3 is 4.74 Å². The second kappa shape index (κ2) is 4.56. The van der Waals surface area contributed by atoms with Crippen LogP contribution in [0, 0.1) is 0 Å². The second-order valence-electron chi connectivity index (χ2n) is 4.02. The molecule has 0 unspecified atom stereocenters. The second-order valence-corrected chi connectivity index (χ2v) is 5.73. The van der Waals surface area contributed by atoms with Crippen molar-refractivity contribution in [1.82, 2.24) is 0 Å². The van der Waals surface area contributed by atoms with Crippen LogP contribution in [-0.4, -0.2) is 0 Å². The first kappa shape index (κ1) is 11.5. The van der Waals surface area contributed by atoms with Gasteiger partial charge in [-0.3, -0.25) is 0 Å². The van der Waals surface area contributed by atoms with E-state index in [1.807, 2.05) is 36.4 Å². The Balaban J connectivity index is 1.89. The number of rotatable bonds is 2. The molecule has 0 radical (unpaired) electrons. The Labute approximate surface area is 117 Å². The fourth-order valence-corrected chi connectivity index (χ4v) is 3.02. The van der Waals surface area contributed by atoms with Crippen LogP contribution in [0.4, 0.5) is 0 Å². The van der Waals surface area contributed by atoms with E-state index in [9.17, 15) is 0 Å². The number of benzene rings is 2. The third kappa shape index (κ3) is 2.19. The first-order valence-electron chi connectivity index (χ1n) is 5.41. The lowest BCUT2D eigenvalue weighted by molar-refractivity contribution is 0.377. The number of epoxide rings is 1. The third-order valence-electron chi connectivity index (χ3n) is 2.92. The number of ether oxygens (including phenoxy) is 1. The van der Waals surface area contributed by atoms with Crippen molar-refractivity contribution in [2.24, 2.45) is 0 Å². The topological polar surface area (TPSA) is 12.5 Å². The predicted octanol–water partition coefficient (Wildman–Crippen LogP) is 5.02. The molecule has 86 valence electrons. The zero-order chi connectivity index (χ0) is 11.8. The molecule has 0 N–H and O–H groups in total. The highest BCUT2D eigenvalue weighted by Crippen LogP contribution is 2.53. The lowest BCUT2D eigenvalue weighted by Gasteiger charge is -2.01. The zero-order valence-electron chi connectivity index (χ0n) is 8.94. The summed E-state index contributed by atoms with van der Waals surface area (Å²) in [7, 11) is 0. The van der Waals surface area contributed by atoms with Gasteiger partial charge in [0, 0.05) is 8.95 Å². The van der Waals surface area contributed by atoms with Crippen LogP contribution in [0.5, 0.6) is 0 Å². The van der Waals surface area contributed by atoms with Crippen LogP contribution in [-0.2, 0) is 4.74 Å². The van der Waals surface area contributed by atoms with Gasteiger partial charge in [0.2, 0.25) is 0 Å². The highest BCUT2D eigenvalue weighted by Gasteiger charge is 2.43. The van der Waals surface area contributed by atoms with Crippen LogP contribution >= 0.6 is 31.9 Å². The molecule has 1 nitrogen and oxygen atoms in total. The van der Waals surface area contributed by atoms with Gasteiger partial charge >= 0.3 is 0 Å². The van der Waals surface area contributed by atoms with Crippen molar-refractivity contribution in [3.8, 4) is 0 Å². The van der Waals surface area contributed by atoms with Crippen molar-refractivity contribution in [1.29, 1.82) is 0 Å². The number of halogens is 2. The molecule has 3 heteroatoms. The molecule has 1 saturated heterocycles. The molecule has 17 heavy (non-hydrogen) atoms. The molecule has 1 heterocycles. The van der Waals surface area contributed by atoms with Gasteiger partial charge in [-0.2, -0.15) is 0 Å². The van der Waals surface area contributed by atoms with Crippen LogP contribution < -0.4 is 0 Å². The molecular weight excluding hydrogens is 344 g/mol. The number of hydrogen-bond donors (Lipinski definition) is 0. The maximum absolute atomic E-state index is 5.79. The molecular formula is C14H10Br2O. The largest absolute Gasteiger partial charge is 0.359 e. The highest BCUT2D eigenvalue weighted by molar-refractivity contribution is 9.10. The van der Waals surface area contributed by atoms with Gasteiger partial charge in [-0.25, -0.2) is 0 Å². The summed E-state index contributed by atoms with van der Waals surface area (Å²) in [5.74, 6) is 0. The van der Waals surface area contributed by atoms with Crippen molar-refractivity contribution in [2.75, 3.05) is 0 Å². The van der Waals surface area contributed by atoms with E-state index >= 15 is 0 Å². The predicted molar refractivity (Wildman–Crippen MR) is 74.9 cm³/mol.